The molecule has 0 aliphatic carbocycles. The van der Waals surface area contributed by atoms with Gasteiger partial charge in [-0.15, -0.1) is 0 Å². The minimum absolute atomic E-state index is 0.101. The number of carbonyl (C=O) groups is 2. The number of halogens is 7. The molecular formula is C21H12ClF6N3O3. The second-order valence-corrected chi connectivity index (χ2v) is 7.05. The maximum atomic E-state index is 14.5. The van der Waals surface area contributed by atoms with Crippen LogP contribution in [0.15, 0.2) is 48.7 Å². The van der Waals surface area contributed by atoms with E-state index in [0.29, 0.717) is 12.3 Å². The highest BCUT2D eigenvalue weighted by Crippen LogP contribution is 2.35. The van der Waals surface area contributed by atoms with Crippen molar-refractivity contribution in [2.24, 2.45) is 0 Å². The van der Waals surface area contributed by atoms with E-state index in [2.05, 4.69) is 4.98 Å². The molecule has 0 unspecified atom stereocenters. The van der Waals surface area contributed by atoms with Crippen molar-refractivity contribution in [2.45, 2.75) is 6.18 Å². The average molecular weight is 504 g/mol. The molecule has 3 rings (SSSR count). The molecule has 3 aromatic rings. The fraction of sp³-hybridized carbons (Fsp3) is 0.0952. The number of alkyl halides is 3. The zero-order chi connectivity index (χ0) is 25.2. The molecule has 0 atom stereocenters. The van der Waals surface area contributed by atoms with Crippen LogP contribution in [0.1, 0.15) is 15.9 Å². The van der Waals surface area contributed by atoms with Gasteiger partial charge in [0.1, 0.15) is 22.2 Å². The van der Waals surface area contributed by atoms with E-state index in [1.54, 1.807) is 5.32 Å². The molecule has 3 amide bonds. The van der Waals surface area contributed by atoms with Crippen LogP contribution in [0.2, 0.25) is 5.02 Å². The van der Waals surface area contributed by atoms with E-state index in [1.807, 2.05) is 0 Å². The van der Waals surface area contributed by atoms with E-state index in [9.17, 15) is 35.9 Å². The highest BCUT2D eigenvalue weighted by atomic mass is 35.5. The summed E-state index contributed by atoms with van der Waals surface area (Å²) in [4.78, 5) is 28.5. The number of rotatable bonds is 4. The summed E-state index contributed by atoms with van der Waals surface area (Å²) in [6, 6.07) is 5.14. The third-order valence-corrected chi connectivity index (χ3v) is 4.63. The van der Waals surface area contributed by atoms with Gasteiger partial charge in [-0.05, 0) is 30.3 Å². The number of amides is 3. The zero-order valence-corrected chi connectivity index (χ0v) is 17.6. The molecule has 0 bridgehead atoms. The van der Waals surface area contributed by atoms with Gasteiger partial charge in [-0.2, -0.15) is 13.2 Å². The summed E-state index contributed by atoms with van der Waals surface area (Å²) >= 11 is 5.73. The number of pyridine rings is 1. The maximum Gasteiger partial charge on any atom is 0.417 e. The lowest BCUT2D eigenvalue weighted by Crippen LogP contribution is -2.41. The van der Waals surface area contributed by atoms with E-state index in [-0.39, 0.29) is 5.69 Å². The van der Waals surface area contributed by atoms with Crippen molar-refractivity contribution in [3.05, 3.63) is 82.3 Å². The van der Waals surface area contributed by atoms with Crippen LogP contribution in [0.25, 0.3) is 0 Å². The first-order valence-electron chi connectivity index (χ1n) is 9.11. The maximum absolute atomic E-state index is 14.5. The molecule has 2 aromatic carbocycles. The lowest BCUT2D eigenvalue weighted by atomic mass is 10.2. The van der Waals surface area contributed by atoms with Gasteiger partial charge in [0.2, 0.25) is 5.88 Å². The van der Waals surface area contributed by atoms with Gasteiger partial charge in [0.25, 0.3) is 5.91 Å². The summed E-state index contributed by atoms with van der Waals surface area (Å²) in [7, 11) is 1.14. The fourth-order valence-corrected chi connectivity index (χ4v) is 2.82. The van der Waals surface area contributed by atoms with Gasteiger partial charge in [-0.1, -0.05) is 17.7 Å². The van der Waals surface area contributed by atoms with Crippen LogP contribution in [0, 0.1) is 17.5 Å². The lowest BCUT2D eigenvalue weighted by molar-refractivity contribution is -0.137. The Morgan fingerprint density at radius 3 is 2.24 bits per heavy atom. The first-order valence-corrected chi connectivity index (χ1v) is 9.49. The minimum atomic E-state index is -4.69. The summed E-state index contributed by atoms with van der Waals surface area (Å²) in [6.45, 7) is 0. The molecule has 0 aliphatic rings. The number of hydrogen-bond donors (Lipinski definition) is 1. The number of nitrogens with zero attached hydrogens (tertiary/aromatic N) is 2. The molecule has 0 fully saturated rings. The van der Waals surface area contributed by atoms with Gasteiger partial charge in [-0.3, -0.25) is 15.0 Å². The number of ether oxygens (including phenoxy) is 1. The average Bonchev–Trinajstić information content (AvgIpc) is 2.74. The topological polar surface area (TPSA) is 71.5 Å². The Labute approximate surface area is 192 Å². The van der Waals surface area contributed by atoms with E-state index >= 15 is 0 Å². The molecule has 178 valence electrons. The van der Waals surface area contributed by atoms with Crippen molar-refractivity contribution in [3.63, 3.8) is 0 Å². The fourth-order valence-electron chi connectivity index (χ4n) is 2.62. The van der Waals surface area contributed by atoms with E-state index in [4.69, 9.17) is 16.3 Å². The number of benzene rings is 2. The Hall–Kier alpha value is -3.80. The first kappa shape index (κ1) is 24.8. The normalized spacial score (nSPS) is 11.2. The van der Waals surface area contributed by atoms with Gasteiger partial charge < -0.3 is 4.74 Å². The number of anilines is 1. The van der Waals surface area contributed by atoms with Gasteiger partial charge in [0, 0.05) is 25.0 Å². The molecule has 0 aliphatic heterocycles. The van der Waals surface area contributed by atoms with Crippen LogP contribution in [-0.2, 0) is 6.18 Å². The Kier molecular flexibility index (Phi) is 7.01. The summed E-state index contributed by atoms with van der Waals surface area (Å²) in [5.41, 5.74) is -2.20. The third kappa shape index (κ3) is 5.39. The van der Waals surface area contributed by atoms with Crippen LogP contribution < -0.4 is 15.0 Å². The predicted molar refractivity (Wildman–Crippen MR) is 108 cm³/mol. The van der Waals surface area contributed by atoms with Gasteiger partial charge in [0.15, 0.2) is 11.6 Å². The second kappa shape index (κ2) is 9.59. The Bertz CT molecular complexity index is 1250. The van der Waals surface area contributed by atoms with Crippen molar-refractivity contribution in [3.8, 4) is 11.6 Å². The molecule has 34 heavy (non-hydrogen) atoms. The monoisotopic (exact) mass is 503 g/mol. The van der Waals surface area contributed by atoms with Crippen molar-refractivity contribution in [2.75, 3.05) is 11.9 Å². The number of urea groups is 1. The number of carbonyl (C=O) groups excluding carboxylic acids is 2. The summed E-state index contributed by atoms with van der Waals surface area (Å²) in [5, 5.41) is 1.25. The smallest absolute Gasteiger partial charge is 0.417 e. The Balaban J connectivity index is 1.74. The molecule has 1 aromatic heterocycles. The highest BCUT2D eigenvalue weighted by molar-refractivity contribution is 6.31. The van der Waals surface area contributed by atoms with Crippen molar-refractivity contribution >= 4 is 29.2 Å². The molecule has 1 heterocycles. The Morgan fingerprint density at radius 1 is 1.03 bits per heavy atom. The second-order valence-electron chi connectivity index (χ2n) is 6.64. The van der Waals surface area contributed by atoms with E-state index in [0.717, 1.165) is 42.3 Å². The largest absolute Gasteiger partial charge is 0.434 e. The molecule has 0 saturated carbocycles. The number of imide groups is 1. The highest BCUT2D eigenvalue weighted by Gasteiger charge is 2.32. The number of hydrogen-bond acceptors (Lipinski definition) is 4. The van der Waals surface area contributed by atoms with Crippen molar-refractivity contribution in [1.82, 2.24) is 10.3 Å². The quantitative estimate of drug-likeness (QED) is 0.447. The molecule has 0 radical (unpaired) electrons. The standard InChI is InChI=1S/C21H12ClF6N3O3/c1-31(20(33)30-18(32)17-13(23)3-2-4-14(17)24)11-5-6-16(15(25)8-11)34-19-12(22)7-10(9-29-19)21(26,27)28/h2-9H,1H3,(H,30,32,33). The predicted octanol–water partition coefficient (Wildman–Crippen LogP) is 5.95. The molecule has 6 nitrogen and oxygen atoms in total. The van der Waals surface area contributed by atoms with Crippen LogP contribution >= 0.6 is 11.6 Å². The molecule has 13 heteroatoms. The molecule has 0 spiro atoms. The number of aromatic nitrogens is 1. The SMILES string of the molecule is CN(C(=O)NC(=O)c1c(F)cccc1F)c1ccc(Oc2ncc(C(F)(F)F)cc2Cl)c(F)c1. The van der Waals surface area contributed by atoms with Gasteiger partial charge in [0.05, 0.1) is 5.56 Å². The van der Waals surface area contributed by atoms with Crippen LogP contribution in [0.5, 0.6) is 11.6 Å². The molecule has 0 saturated heterocycles. The van der Waals surface area contributed by atoms with Crippen LogP contribution in [0.4, 0.5) is 36.8 Å². The van der Waals surface area contributed by atoms with Crippen molar-refractivity contribution in [1.29, 1.82) is 0 Å². The lowest BCUT2D eigenvalue weighted by Gasteiger charge is -2.18. The minimum Gasteiger partial charge on any atom is -0.434 e. The van der Waals surface area contributed by atoms with Crippen molar-refractivity contribution < 1.29 is 40.7 Å². The molecule has 1 N–H and O–H groups in total. The van der Waals surface area contributed by atoms with Gasteiger partial charge in [-0.25, -0.2) is 22.9 Å². The van der Waals surface area contributed by atoms with Crippen LogP contribution in [-0.4, -0.2) is 24.0 Å². The number of nitrogens with one attached hydrogen (secondary N) is 1. The molecular weight excluding hydrogens is 492 g/mol. The Morgan fingerprint density at radius 2 is 1.68 bits per heavy atom. The summed E-state index contributed by atoms with van der Waals surface area (Å²) < 4.78 is 85.1. The summed E-state index contributed by atoms with van der Waals surface area (Å²) in [5.74, 6) is -5.74. The third-order valence-electron chi connectivity index (χ3n) is 4.36. The van der Waals surface area contributed by atoms with E-state index < -0.39 is 63.3 Å². The summed E-state index contributed by atoms with van der Waals surface area (Å²) in [6.07, 6.45) is -4.23. The van der Waals surface area contributed by atoms with Gasteiger partial charge >= 0.3 is 12.2 Å². The van der Waals surface area contributed by atoms with Crippen LogP contribution in [0.3, 0.4) is 0 Å². The first-order chi connectivity index (χ1) is 15.9. The zero-order valence-electron chi connectivity index (χ0n) is 16.9. The van der Waals surface area contributed by atoms with E-state index in [1.165, 1.54) is 6.07 Å².